The molecule has 0 saturated carbocycles. The summed E-state index contributed by atoms with van der Waals surface area (Å²) in [5.74, 6) is 3.37. The van der Waals surface area contributed by atoms with Gasteiger partial charge in [0.15, 0.2) is 23.1 Å². The molecule has 1 saturated heterocycles. The van der Waals surface area contributed by atoms with Crippen molar-refractivity contribution in [2.45, 2.75) is 12.8 Å². The van der Waals surface area contributed by atoms with Crippen molar-refractivity contribution in [3.05, 3.63) is 60.2 Å². The Bertz CT molecular complexity index is 1400. The van der Waals surface area contributed by atoms with Gasteiger partial charge in [0, 0.05) is 44.2 Å². The average Bonchev–Trinajstić information content (AvgIpc) is 3.42. The second-order valence-electron chi connectivity index (χ2n) is 8.70. The van der Waals surface area contributed by atoms with Crippen LogP contribution in [0.3, 0.4) is 0 Å². The quantitative estimate of drug-likeness (QED) is 0.438. The molecule has 3 heterocycles. The number of hydrogen-bond donors (Lipinski definition) is 1. The number of phenolic OH excluding ortho intramolecular Hbond substituents is 1. The van der Waals surface area contributed by atoms with Gasteiger partial charge in [0.05, 0.1) is 18.3 Å². The van der Waals surface area contributed by atoms with E-state index in [-0.39, 0.29) is 5.75 Å². The van der Waals surface area contributed by atoms with Crippen LogP contribution in [-0.4, -0.2) is 59.3 Å². The molecule has 0 amide bonds. The lowest BCUT2D eigenvalue weighted by atomic mass is 10.1. The Morgan fingerprint density at radius 3 is 2.37 bits per heavy atom. The molecule has 0 spiro atoms. The molecule has 4 aromatic rings. The summed E-state index contributed by atoms with van der Waals surface area (Å²) < 4.78 is 5.19. The van der Waals surface area contributed by atoms with Crippen LogP contribution in [0.1, 0.15) is 24.5 Å². The van der Waals surface area contributed by atoms with Crippen LogP contribution in [0.2, 0.25) is 0 Å². The molecule has 0 unspecified atom stereocenters. The van der Waals surface area contributed by atoms with Gasteiger partial charge in [-0.05, 0) is 55.3 Å². The molecule has 0 radical (unpaired) electrons. The molecule has 0 bridgehead atoms. The van der Waals surface area contributed by atoms with Crippen molar-refractivity contribution in [2.24, 2.45) is 0 Å². The molecule has 1 aliphatic rings. The van der Waals surface area contributed by atoms with Crippen LogP contribution in [0.15, 0.2) is 48.5 Å². The molecule has 1 aliphatic heterocycles. The van der Waals surface area contributed by atoms with E-state index < -0.39 is 0 Å². The number of aromatic hydroxyl groups is 1. The summed E-state index contributed by atoms with van der Waals surface area (Å²) in [7, 11) is 5.48. The largest absolute Gasteiger partial charge is 0.504 e. The summed E-state index contributed by atoms with van der Waals surface area (Å²) >= 11 is 0. The maximum Gasteiger partial charge on any atom is 0.160 e. The summed E-state index contributed by atoms with van der Waals surface area (Å²) in [5, 5.41) is 11.3. The first kappa shape index (κ1) is 22.6. The van der Waals surface area contributed by atoms with Gasteiger partial charge in [-0.2, -0.15) is 0 Å². The molecule has 0 atom stereocenters. The molecule has 35 heavy (non-hydrogen) atoms. The van der Waals surface area contributed by atoms with Crippen LogP contribution in [0.5, 0.6) is 11.5 Å². The van der Waals surface area contributed by atoms with Crippen molar-refractivity contribution >= 4 is 34.7 Å². The summed E-state index contributed by atoms with van der Waals surface area (Å²) in [5.41, 5.74) is 2.40. The molecule has 2 aromatic carbocycles. The lowest BCUT2D eigenvalue weighted by Gasteiger charge is -2.18. The molecule has 178 valence electrons. The van der Waals surface area contributed by atoms with E-state index in [9.17, 15) is 5.11 Å². The van der Waals surface area contributed by atoms with Crippen LogP contribution in [0.4, 0.5) is 11.6 Å². The van der Waals surface area contributed by atoms with Crippen molar-refractivity contribution in [1.82, 2.24) is 19.9 Å². The Kier molecular flexibility index (Phi) is 6.18. The number of fused-ring (bicyclic) bond motifs is 1. The van der Waals surface area contributed by atoms with Gasteiger partial charge in [0.25, 0.3) is 0 Å². The Hall–Kier alpha value is -4.20. The lowest BCUT2D eigenvalue weighted by Crippen LogP contribution is -2.19. The molecular formula is C27H28N6O2. The number of phenols is 1. The number of rotatable bonds is 6. The lowest BCUT2D eigenvalue weighted by molar-refractivity contribution is 0.373. The number of para-hydroxylation sites is 1. The van der Waals surface area contributed by atoms with Gasteiger partial charge in [-0.15, -0.1) is 0 Å². The highest BCUT2D eigenvalue weighted by Crippen LogP contribution is 2.32. The first-order valence-corrected chi connectivity index (χ1v) is 11.7. The number of nitrogens with zero attached hydrogens (tertiary/aromatic N) is 6. The molecule has 5 rings (SSSR count). The number of aromatic nitrogens is 4. The Morgan fingerprint density at radius 2 is 1.66 bits per heavy atom. The highest BCUT2D eigenvalue weighted by molar-refractivity contribution is 5.90. The van der Waals surface area contributed by atoms with E-state index in [0.717, 1.165) is 59.7 Å². The molecule has 0 aliphatic carbocycles. The fourth-order valence-corrected chi connectivity index (χ4v) is 4.27. The number of methoxy groups -OCH3 is 1. The molecule has 2 aromatic heterocycles. The predicted molar refractivity (Wildman–Crippen MR) is 140 cm³/mol. The summed E-state index contributed by atoms with van der Waals surface area (Å²) in [4.78, 5) is 23.3. The van der Waals surface area contributed by atoms with Crippen LogP contribution < -0.4 is 14.5 Å². The van der Waals surface area contributed by atoms with Crippen molar-refractivity contribution < 1.29 is 9.84 Å². The highest BCUT2D eigenvalue weighted by atomic mass is 16.5. The smallest absolute Gasteiger partial charge is 0.160 e. The van der Waals surface area contributed by atoms with Crippen LogP contribution in [0.25, 0.3) is 34.3 Å². The molecule has 1 N–H and O–H groups in total. The minimum absolute atomic E-state index is 0.0733. The van der Waals surface area contributed by atoms with E-state index in [1.54, 1.807) is 12.1 Å². The zero-order valence-corrected chi connectivity index (χ0v) is 20.1. The van der Waals surface area contributed by atoms with Gasteiger partial charge >= 0.3 is 0 Å². The zero-order chi connectivity index (χ0) is 24.4. The Morgan fingerprint density at radius 1 is 0.914 bits per heavy atom. The van der Waals surface area contributed by atoms with E-state index >= 15 is 0 Å². The second kappa shape index (κ2) is 9.58. The fraction of sp³-hybridized carbons (Fsp3) is 0.259. The van der Waals surface area contributed by atoms with Crippen molar-refractivity contribution in [2.75, 3.05) is 44.1 Å². The number of benzene rings is 2. The molecular weight excluding hydrogens is 440 g/mol. The number of ether oxygens (including phenoxy) is 1. The Labute approximate surface area is 204 Å². The van der Waals surface area contributed by atoms with Crippen LogP contribution >= 0.6 is 0 Å². The third-order valence-corrected chi connectivity index (χ3v) is 6.04. The van der Waals surface area contributed by atoms with Gasteiger partial charge in [-0.25, -0.2) is 19.9 Å². The standard InChI is InChI=1S/C27H28N6O2/c1-32(2)27-19-8-4-5-9-20(19)28-25(31-27)13-12-24-29-21(17-26(30-24)33-14-6-7-15-33)18-10-11-23(35-3)22(34)16-18/h4-5,8-13,16-17,34H,6-7,14-15H2,1-3H3. The molecule has 8 nitrogen and oxygen atoms in total. The van der Waals surface area contributed by atoms with E-state index in [1.807, 2.05) is 67.5 Å². The highest BCUT2D eigenvalue weighted by Gasteiger charge is 2.17. The SMILES string of the molecule is COc1ccc(-c2cc(N3CCCC3)nc(C=Cc3nc(N(C)C)c4ccccc4n3)n2)cc1O. The normalized spacial score (nSPS) is 13.6. The van der Waals surface area contributed by atoms with Gasteiger partial charge in [-0.3, -0.25) is 0 Å². The van der Waals surface area contributed by atoms with Gasteiger partial charge in [-0.1, -0.05) is 12.1 Å². The maximum absolute atomic E-state index is 10.3. The third-order valence-electron chi connectivity index (χ3n) is 6.04. The first-order chi connectivity index (χ1) is 17.0. The minimum atomic E-state index is 0.0733. The topological polar surface area (TPSA) is 87.5 Å². The third kappa shape index (κ3) is 4.73. The van der Waals surface area contributed by atoms with E-state index in [2.05, 4.69) is 4.90 Å². The summed E-state index contributed by atoms with van der Waals surface area (Å²) in [6.07, 6.45) is 5.98. The monoisotopic (exact) mass is 468 g/mol. The predicted octanol–water partition coefficient (Wildman–Crippen LogP) is 4.64. The van der Waals surface area contributed by atoms with Gasteiger partial charge in [0.2, 0.25) is 0 Å². The van der Waals surface area contributed by atoms with Gasteiger partial charge in [0.1, 0.15) is 11.6 Å². The second-order valence-corrected chi connectivity index (χ2v) is 8.70. The van der Waals surface area contributed by atoms with E-state index in [4.69, 9.17) is 24.7 Å². The maximum atomic E-state index is 10.3. The number of anilines is 2. The molecule has 1 fully saturated rings. The molecule has 8 heteroatoms. The van der Waals surface area contributed by atoms with Crippen molar-refractivity contribution in [1.29, 1.82) is 0 Å². The van der Waals surface area contributed by atoms with Crippen LogP contribution in [0, 0.1) is 0 Å². The van der Waals surface area contributed by atoms with Gasteiger partial charge < -0.3 is 19.6 Å². The first-order valence-electron chi connectivity index (χ1n) is 11.7. The van der Waals surface area contributed by atoms with Crippen molar-refractivity contribution in [3.8, 4) is 22.8 Å². The van der Waals surface area contributed by atoms with E-state index in [1.165, 1.54) is 7.11 Å². The van der Waals surface area contributed by atoms with Crippen molar-refractivity contribution in [3.63, 3.8) is 0 Å². The minimum Gasteiger partial charge on any atom is -0.504 e. The average molecular weight is 469 g/mol. The van der Waals surface area contributed by atoms with Crippen LogP contribution in [-0.2, 0) is 0 Å². The number of hydrogen-bond acceptors (Lipinski definition) is 8. The fourth-order valence-electron chi connectivity index (χ4n) is 4.27. The zero-order valence-electron chi connectivity index (χ0n) is 20.1. The Balaban J connectivity index is 1.56. The summed E-state index contributed by atoms with van der Waals surface area (Å²) in [6, 6.07) is 15.2. The summed E-state index contributed by atoms with van der Waals surface area (Å²) in [6.45, 7) is 1.93. The van der Waals surface area contributed by atoms with E-state index in [0.29, 0.717) is 17.4 Å².